The number of rotatable bonds is 6. The summed E-state index contributed by atoms with van der Waals surface area (Å²) >= 11 is 0. The second-order valence-corrected chi connectivity index (χ2v) is 8.10. The molecule has 1 heterocycles. The van der Waals surface area contributed by atoms with Crippen molar-refractivity contribution in [2.24, 2.45) is 0 Å². The summed E-state index contributed by atoms with van der Waals surface area (Å²) in [6, 6.07) is 4.93. The van der Waals surface area contributed by atoms with Gasteiger partial charge in [-0.25, -0.2) is 0 Å². The minimum absolute atomic E-state index is 0.00316. The minimum Gasteiger partial charge on any atom is -0.469 e. The van der Waals surface area contributed by atoms with Crippen LogP contribution >= 0.6 is 0 Å². The molecule has 0 bridgehead atoms. The number of methoxy groups -OCH3 is 1. The molecule has 7 heteroatoms. The summed E-state index contributed by atoms with van der Waals surface area (Å²) in [6.07, 6.45) is 1.80. The summed E-state index contributed by atoms with van der Waals surface area (Å²) in [7, 11) is 1.33. The molecule has 1 fully saturated rings. The summed E-state index contributed by atoms with van der Waals surface area (Å²) in [6.45, 7) is 7.85. The lowest BCUT2D eigenvalue weighted by Crippen LogP contribution is -2.46. The number of benzene rings is 1. The van der Waals surface area contributed by atoms with E-state index in [9.17, 15) is 20.0 Å². The smallest absolute Gasteiger partial charge is 0.306 e. The average molecular weight is 364 g/mol. The first-order valence-corrected chi connectivity index (χ1v) is 8.82. The lowest BCUT2D eigenvalue weighted by Gasteiger charge is -2.35. The number of esters is 1. The van der Waals surface area contributed by atoms with E-state index in [4.69, 9.17) is 4.74 Å². The maximum absolute atomic E-state index is 11.7. The summed E-state index contributed by atoms with van der Waals surface area (Å²) in [5, 5.41) is 22.1. The average Bonchev–Trinajstić information content (AvgIpc) is 3.03. The number of anilines is 1. The molecule has 1 aromatic carbocycles. The molecule has 0 unspecified atom stereocenters. The monoisotopic (exact) mass is 364 g/mol. The van der Waals surface area contributed by atoms with Gasteiger partial charge in [-0.05, 0) is 38.3 Å². The van der Waals surface area contributed by atoms with Gasteiger partial charge >= 0.3 is 5.97 Å². The predicted octanol–water partition coefficient (Wildman–Crippen LogP) is 3.18. The van der Waals surface area contributed by atoms with Crippen LogP contribution in [-0.2, 0) is 14.9 Å². The van der Waals surface area contributed by atoms with E-state index < -0.39 is 15.9 Å². The molecule has 0 saturated carbocycles. The lowest BCUT2D eigenvalue weighted by molar-refractivity contribution is -0.384. The molecule has 1 aliphatic heterocycles. The third-order valence-electron chi connectivity index (χ3n) is 5.15. The highest BCUT2D eigenvalue weighted by Gasteiger charge is 2.39. The van der Waals surface area contributed by atoms with Gasteiger partial charge in [-0.1, -0.05) is 19.9 Å². The predicted molar refractivity (Wildman–Crippen MR) is 99.4 cm³/mol. The van der Waals surface area contributed by atoms with Gasteiger partial charge in [0.05, 0.1) is 30.1 Å². The number of nitro benzene ring substituents is 1. The number of aliphatic hydroxyl groups is 1. The van der Waals surface area contributed by atoms with E-state index in [1.807, 2.05) is 24.8 Å². The molecule has 26 heavy (non-hydrogen) atoms. The van der Waals surface area contributed by atoms with Gasteiger partial charge in [0, 0.05) is 18.0 Å². The Kier molecular flexibility index (Phi) is 5.61. The van der Waals surface area contributed by atoms with Crippen LogP contribution in [0.5, 0.6) is 0 Å². The van der Waals surface area contributed by atoms with Gasteiger partial charge in [-0.15, -0.1) is 0 Å². The highest BCUT2D eigenvalue weighted by Crippen LogP contribution is 2.40. The molecule has 0 spiro atoms. The number of carbonyl (C=O) groups excluding carboxylic acids is 1. The van der Waals surface area contributed by atoms with Crippen molar-refractivity contribution in [3.63, 3.8) is 0 Å². The zero-order valence-electron chi connectivity index (χ0n) is 16.1. The van der Waals surface area contributed by atoms with Gasteiger partial charge in [0.15, 0.2) is 0 Å². The number of nitrogens with zero attached hydrogens (tertiary/aromatic N) is 2. The van der Waals surface area contributed by atoms with Crippen LogP contribution in [0.3, 0.4) is 0 Å². The molecule has 7 nitrogen and oxygen atoms in total. The molecule has 144 valence electrons. The van der Waals surface area contributed by atoms with Gasteiger partial charge in [0.1, 0.15) is 5.69 Å². The van der Waals surface area contributed by atoms with Crippen LogP contribution in [0.4, 0.5) is 11.4 Å². The Morgan fingerprint density at radius 2 is 2.04 bits per heavy atom. The largest absolute Gasteiger partial charge is 0.469 e. The molecule has 0 aliphatic carbocycles. The Hall–Kier alpha value is -2.15. The fourth-order valence-corrected chi connectivity index (χ4v) is 3.66. The molecule has 2 rings (SSSR count). The van der Waals surface area contributed by atoms with Crippen molar-refractivity contribution in [3.05, 3.63) is 33.9 Å². The summed E-state index contributed by atoms with van der Waals surface area (Å²) in [5.41, 5.74) is -0.323. The van der Waals surface area contributed by atoms with Gasteiger partial charge in [-0.3, -0.25) is 14.9 Å². The van der Waals surface area contributed by atoms with Crippen LogP contribution in [0, 0.1) is 10.1 Å². The first-order valence-electron chi connectivity index (χ1n) is 8.82. The van der Waals surface area contributed by atoms with E-state index in [1.54, 1.807) is 19.9 Å². The van der Waals surface area contributed by atoms with Crippen molar-refractivity contribution in [2.45, 2.75) is 64.0 Å². The Balaban J connectivity index is 2.44. The first-order chi connectivity index (χ1) is 12.0. The van der Waals surface area contributed by atoms with E-state index in [-0.39, 0.29) is 24.1 Å². The lowest BCUT2D eigenvalue weighted by atomic mass is 9.81. The van der Waals surface area contributed by atoms with Crippen LogP contribution in [-0.4, -0.2) is 41.3 Å². The fourth-order valence-electron chi connectivity index (χ4n) is 3.66. The minimum atomic E-state index is -0.951. The van der Waals surface area contributed by atoms with Crippen LogP contribution < -0.4 is 4.90 Å². The van der Waals surface area contributed by atoms with Crippen molar-refractivity contribution < 1.29 is 19.6 Å². The molecule has 1 atom stereocenters. The maximum Gasteiger partial charge on any atom is 0.306 e. The van der Waals surface area contributed by atoms with Crippen molar-refractivity contribution >= 4 is 17.3 Å². The van der Waals surface area contributed by atoms with Crippen LogP contribution in [0.15, 0.2) is 18.2 Å². The normalized spacial score (nSPS) is 18.1. The van der Waals surface area contributed by atoms with Crippen LogP contribution in [0.25, 0.3) is 0 Å². The van der Waals surface area contributed by atoms with Crippen molar-refractivity contribution in [1.82, 2.24) is 0 Å². The number of hydrogen-bond donors (Lipinski definition) is 1. The van der Waals surface area contributed by atoms with E-state index in [1.165, 1.54) is 13.2 Å². The first kappa shape index (κ1) is 20.2. The molecular formula is C19H28N2O5. The van der Waals surface area contributed by atoms with Gasteiger partial charge in [-0.2, -0.15) is 0 Å². The topological polar surface area (TPSA) is 92.9 Å². The molecule has 1 saturated heterocycles. The highest BCUT2D eigenvalue weighted by molar-refractivity contribution is 5.72. The number of nitro groups is 1. The second-order valence-electron chi connectivity index (χ2n) is 8.10. The molecule has 1 aliphatic rings. The van der Waals surface area contributed by atoms with E-state index >= 15 is 0 Å². The molecule has 1 N–H and O–H groups in total. The Labute approximate surface area is 154 Å². The van der Waals surface area contributed by atoms with E-state index in [0.29, 0.717) is 17.8 Å². The standard InChI is InChI=1S/C19H28N2O5/c1-18(2,12-17(22)26-5)13-8-9-14(15(11-13)21(24)25)20-10-6-7-16(20)19(3,4)23/h8-9,11,16,23H,6-7,10,12H2,1-5H3/t16-/m0/s1. The van der Waals surface area contributed by atoms with Crippen molar-refractivity contribution in [1.29, 1.82) is 0 Å². The van der Waals surface area contributed by atoms with Gasteiger partial charge in [0.2, 0.25) is 0 Å². The second kappa shape index (κ2) is 7.23. The number of ether oxygens (including phenoxy) is 1. The van der Waals surface area contributed by atoms with Crippen molar-refractivity contribution in [2.75, 3.05) is 18.6 Å². The fraction of sp³-hybridized carbons (Fsp3) is 0.632. The maximum atomic E-state index is 11.7. The van der Waals surface area contributed by atoms with E-state index in [0.717, 1.165) is 12.8 Å². The molecule has 0 amide bonds. The third-order valence-corrected chi connectivity index (χ3v) is 5.15. The Bertz CT molecular complexity index is 694. The highest BCUT2D eigenvalue weighted by atomic mass is 16.6. The summed E-state index contributed by atoms with van der Waals surface area (Å²) < 4.78 is 4.73. The van der Waals surface area contributed by atoms with Crippen LogP contribution in [0.1, 0.15) is 52.5 Å². The van der Waals surface area contributed by atoms with Gasteiger partial charge in [0.25, 0.3) is 5.69 Å². The molecular weight excluding hydrogens is 336 g/mol. The molecule has 0 radical (unpaired) electrons. The zero-order valence-corrected chi connectivity index (χ0v) is 16.1. The Morgan fingerprint density at radius 1 is 1.38 bits per heavy atom. The number of carbonyl (C=O) groups is 1. The third kappa shape index (κ3) is 4.15. The zero-order chi connectivity index (χ0) is 19.7. The quantitative estimate of drug-likeness (QED) is 0.473. The molecule has 0 aromatic heterocycles. The number of hydrogen-bond acceptors (Lipinski definition) is 6. The van der Waals surface area contributed by atoms with Crippen molar-refractivity contribution in [3.8, 4) is 0 Å². The van der Waals surface area contributed by atoms with Gasteiger partial charge < -0.3 is 14.7 Å². The van der Waals surface area contributed by atoms with E-state index in [2.05, 4.69) is 0 Å². The summed E-state index contributed by atoms with van der Waals surface area (Å²) in [5.74, 6) is -0.358. The summed E-state index contributed by atoms with van der Waals surface area (Å²) in [4.78, 5) is 24.9. The molecule has 1 aromatic rings. The SMILES string of the molecule is COC(=O)CC(C)(C)c1ccc(N2CCC[C@H]2C(C)(C)O)c([N+](=O)[O-])c1. The van der Waals surface area contributed by atoms with Crippen LogP contribution in [0.2, 0.25) is 0 Å². The Morgan fingerprint density at radius 3 is 2.58 bits per heavy atom.